The van der Waals surface area contributed by atoms with Gasteiger partial charge in [-0.3, -0.25) is 4.79 Å². The van der Waals surface area contributed by atoms with E-state index in [1.807, 2.05) is 24.3 Å². The summed E-state index contributed by atoms with van der Waals surface area (Å²) in [5.74, 6) is -1.59. The van der Waals surface area contributed by atoms with E-state index < -0.39 is 22.0 Å². The minimum atomic E-state index is -3.98. The second-order valence-electron chi connectivity index (χ2n) is 7.52. The molecule has 4 aromatic rings. The van der Waals surface area contributed by atoms with Crippen molar-refractivity contribution >= 4 is 59.1 Å². The maximum Gasteiger partial charge on any atom is 0.322 e. The van der Waals surface area contributed by atoms with Crippen LogP contribution < -0.4 is 4.72 Å². The molecule has 2 heterocycles. The summed E-state index contributed by atoms with van der Waals surface area (Å²) in [6, 6.07) is 13.3. The van der Waals surface area contributed by atoms with Crippen LogP contribution in [0.4, 0.5) is 0 Å². The first-order valence-electron chi connectivity index (χ1n) is 9.49. The molecule has 160 valence electrons. The van der Waals surface area contributed by atoms with Gasteiger partial charge < -0.3 is 5.11 Å². The minimum absolute atomic E-state index is 0.0422. The van der Waals surface area contributed by atoms with Gasteiger partial charge >= 0.3 is 5.97 Å². The van der Waals surface area contributed by atoms with Crippen molar-refractivity contribution < 1.29 is 18.3 Å². The van der Waals surface area contributed by atoms with Crippen LogP contribution in [0.5, 0.6) is 0 Å². The van der Waals surface area contributed by atoms with Crippen molar-refractivity contribution in [2.45, 2.75) is 24.8 Å². The van der Waals surface area contributed by atoms with Crippen LogP contribution in [0.2, 0.25) is 5.15 Å². The van der Waals surface area contributed by atoms with Crippen molar-refractivity contribution in [3.8, 4) is 11.1 Å². The fourth-order valence-corrected chi connectivity index (χ4v) is 6.03. The Labute approximate surface area is 188 Å². The van der Waals surface area contributed by atoms with Crippen molar-refractivity contribution in [3.63, 3.8) is 0 Å². The van der Waals surface area contributed by atoms with E-state index >= 15 is 0 Å². The molecule has 9 heteroatoms. The van der Waals surface area contributed by atoms with E-state index in [9.17, 15) is 18.3 Å². The number of sulfonamides is 1. The summed E-state index contributed by atoms with van der Waals surface area (Å²) in [6.07, 6.45) is 1.71. The second kappa shape index (κ2) is 8.20. The van der Waals surface area contributed by atoms with Crippen LogP contribution in [0.15, 0.2) is 59.6 Å². The van der Waals surface area contributed by atoms with Crippen molar-refractivity contribution in [1.82, 2.24) is 9.71 Å². The molecule has 0 bridgehead atoms. The monoisotopic (exact) mass is 474 g/mol. The molecule has 0 unspecified atom stereocenters. The number of hydrogen-bond donors (Lipinski definition) is 2. The highest BCUT2D eigenvalue weighted by atomic mass is 35.5. The quantitative estimate of drug-likeness (QED) is 0.376. The van der Waals surface area contributed by atoms with Gasteiger partial charge in [-0.05, 0) is 47.9 Å². The first-order valence-corrected chi connectivity index (χ1v) is 12.2. The highest BCUT2D eigenvalue weighted by molar-refractivity contribution is 7.89. The number of carbonyl (C=O) groups is 1. The fraction of sp³-hybridized carbons (Fsp3) is 0.182. The summed E-state index contributed by atoms with van der Waals surface area (Å²) in [5.41, 5.74) is 1.92. The molecule has 0 saturated heterocycles. The zero-order chi connectivity index (χ0) is 22.3. The number of hydrogen-bond acceptors (Lipinski definition) is 5. The molecule has 6 nitrogen and oxygen atoms in total. The maximum absolute atomic E-state index is 12.8. The van der Waals surface area contributed by atoms with Gasteiger partial charge in [0, 0.05) is 31.9 Å². The average Bonchev–Trinajstić information content (AvgIpc) is 3.09. The Morgan fingerprint density at radius 2 is 1.77 bits per heavy atom. The number of carboxylic acids is 1. The summed E-state index contributed by atoms with van der Waals surface area (Å²) in [6.45, 7) is 3.31. The van der Waals surface area contributed by atoms with Gasteiger partial charge in [0.25, 0.3) is 0 Å². The Bertz CT molecular complexity index is 1400. The number of benzene rings is 2. The summed E-state index contributed by atoms with van der Waals surface area (Å²) < 4.78 is 29.7. The first kappa shape index (κ1) is 21.7. The third-order valence-electron chi connectivity index (χ3n) is 5.03. The van der Waals surface area contributed by atoms with Gasteiger partial charge in [-0.15, -0.1) is 11.3 Å². The zero-order valence-corrected chi connectivity index (χ0v) is 19.1. The summed E-state index contributed by atoms with van der Waals surface area (Å²) >= 11 is 7.36. The highest BCUT2D eigenvalue weighted by Crippen LogP contribution is 2.37. The molecule has 1 atom stereocenters. The lowest BCUT2D eigenvalue weighted by molar-refractivity contribution is -0.140. The van der Waals surface area contributed by atoms with Crippen LogP contribution in [0.3, 0.4) is 0 Å². The van der Waals surface area contributed by atoms with Crippen molar-refractivity contribution in [2.24, 2.45) is 5.92 Å². The summed E-state index contributed by atoms with van der Waals surface area (Å²) in [7, 11) is -3.98. The number of nitrogens with one attached hydrogen (secondary N) is 1. The number of rotatable bonds is 6. The van der Waals surface area contributed by atoms with E-state index in [1.54, 1.807) is 38.2 Å². The fourth-order valence-electron chi connectivity index (χ4n) is 3.36. The van der Waals surface area contributed by atoms with E-state index in [4.69, 9.17) is 11.6 Å². The van der Waals surface area contributed by atoms with Gasteiger partial charge in [-0.1, -0.05) is 37.6 Å². The largest absolute Gasteiger partial charge is 0.480 e. The number of carboxylic acid groups (broad SMARTS) is 1. The molecule has 0 aliphatic rings. The number of thiophene rings is 1. The number of aliphatic carboxylic acids is 1. The Morgan fingerprint density at radius 3 is 2.42 bits per heavy atom. The van der Waals surface area contributed by atoms with E-state index in [-0.39, 0.29) is 10.8 Å². The molecule has 0 aliphatic carbocycles. The molecule has 0 saturated carbocycles. The molecule has 0 aliphatic heterocycles. The third-order valence-corrected chi connectivity index (χ3v) is 7.82. The van der Waals surface area contributed by atoms with Gasteiger partial charge in [0.2, 0.25) is 10.0 Å². The summed E-state index contributed by atoms with van der Waals surface area (Å²) in [4.78, 5) is 15.6. The minimum Gasteiger partial charge on any atom is -0.480 e. The van der Waals surface area contributed by atoms with E-state index in [0.29, 0.717) is 5.15 Å². The number of halogens is 1. The Balaban J connectivity index is 1.75. The SMILES string of the molecule is CC(C)[C@H](NS(=O)(=O)c1ccc2c(c1)sc1ccc(-c3ccc(Cl)nc3)cc12)C(=O)O. The van der Waals surface area contributed by atoms with Crippen LogP contribution in [-0.4, -0.2) is 30.5 Å². The van der Waals surface area contributed by atoms with Gasteiger partial charge in [-0.25, -0.2) is 13.4 Å². The van der Waals surface area contributed by atoms with Gasteiger partial charge in [0.15, 0.2) is 0 Å². The summed E-state index contributed by atoms with van der Waals surface area (Å²) in [5, 5.41) is 11.7. The molecule has 2 aromatic heterocycles. The molecule has 0 fully saturated rings. The molecule has 0 spiro atoms. The molecule has 4 rings (SSSR count). The highest BCUT2D eigenvalue weighted by Gasteiger charge is 2.28. The lowest BCUT2D eigenvalue weighted by Gasteiger charge is -2.18. The number of nitrogens with zero attached hydrogens (tertiary/aromatic N) is 1. The topological polar surface area (TPSA) is 96.4 Å². The van der Waals surface area contributed by atoms with Gasteiger partial charge in [0.1, 0.15) is 11.2 Å². The first-order chi connectivity index (χ1) is 14.7. The molecular formula is C22H19ClN2O4S2. The van der Waals surface area contributed by atoms with Crippen LogP contribution in [0, 0.1) is 5.92 Å². The maximum atomic E-state index is 12.8. The van der Waals surface area contributed by atoms with Crippen molar-refractivity contribution in [1.29, 1.82) is 0 Å². The van der Waals surface area contributed by atoms with Gasteiger partial charge in [-0.2, -0.15) is 4.72 Å². The van der Waals surface area contributed by atoms with Crippen LogP contribution in [-0.2, 0) is 14.8 Å². The van der Waals surface area contributed by atoms with Gasteiger partial charge in [0.05, 0.1) is 4.90 Å². The van der Waals surface area contributed by atoms with E-state index in [1.165, 1.54) is 17.4 Å². The Morgan fingerprint density at radius 1 is 1.03 bits per heavy atom. The molecule has 2 N–H and O–H groups in total. The van der Waals surface area contributed by atoms with Crippen molar-refractivity contribution in [3.05, 3.63) is 59.9 Å². The van der Waals surface area contributed by atoms with Crippen molar-refractivity contribution in [2.75, 3.05) is 0 Å². The zero-order valence-electron chi connectivity index (χ0n) is 16.7. The Hall–Kier alpha value is -2.52. The van der Waals surface area contributed by atoms with Crippen LogP contribution in [0.25, 0.3) is 31.3 Å². The lowest BCUT2D eigenvalue weighted by atomic mass is 10.0. The molecule has 31 heavy (non-hydrogen) atoms. The molecular weight excluding hydrogens is 456 g/mol. The predicted octanol–water partition coefficient (Wildman–Crippen LogP) is 5.16. The lowest BCUT2D eigenvalue weighted by Crippen LogP contribution is -2.44. The number of fused-ring (bicyclic) bond motifs is 3. The standard InChI is InChI=1S/C22H19ClN2O4S2/c1-12(2)21(22(26)27)25-31(28,29)15-5-6-16-17-9-13(14-4-8-20(23)24-11-14)3-7-18(17)30-19(16)10-15/h3-12,21,25H,1-2H3,(H,26,27)/t21-/m0/s1. The number of aromatic nitrogens is 1. The Kier molecular flexibility index (Phi) is 5.74. The van der Waals surface area contributed by atoms with Crippen LogP contribution >= 0.6 is 22.9 Å². The molecule has 2 aromatic carbocycles. The molecule has 0 radical (unpaired) electrons. The van der Waals surface area contributed by atoms with E-state index in [0.717, 1.165) is 31.3 Å². The van der Waals surface area contributed by atoms with Crippen LogP contribution in [0.1, 0.15) is 13.8 Å². The predicted molar refractivity (Wildman–Crippen MR) is 124 cm³/mol. The third kappa shape index (κ3) is 4.29. The average molecular weight is 475 g/mol. The van der Waals surface area contributed by atoms with E-state index in [2.05, 4.69) is 9.71 Å². The smallest absolute Gasteiger partial charge is 0.322 e. The normalized spacial score (nSPS) is 13.2. The molecule has 0 amide bonds. The number of pyridine rings is 1. The second-order valence-corrected chi connectivity index (χ2v) is 10.7.